The molecule has 3 rings (SSSR count). The van der Waals surface area contributed by atoms with E-state index in [9.17, 15) is 23.7 Å². The molecule has 0 fully saturated rings. The molecular weight excluding hydrogens is 498 g/mol. The van der Waals surface area contributed by atoms with E-state index in [-0.39, 0.29) is 45.9 Å². The van der Waals surface area contributed by atoms with Crippen molar-refractivity contribution in [1.29, 1.82) is 10.5 Å². The smallest absolute Gasteiger partial charge is 0.263 e. The second kappa shape index (κ2) is 11.5. The Morgan fingerprint density at radius 1 is 1.11 bits per heavy atom. The second-order valence-electron chi connectivity index (χ2n) is 7.84. The van der Waals surface area contributed by atoms with Crippen molar-refractivity contribution in [2.24, 2.45) is 0 Å². The molecule has 36 heavy (non-hydrogen) atoms. The first-order valence-corrected chi connectivity index (χ1v) is 13.2. The van der Waals surface area contributed by atoms with E-state index in [0.717, 1.165) is 0 Å². The van der Waals surface area contributed by atoms with Crippen LogP contribution in [0.4, 0.5) is 17.3 Å². The van der Waals surface area contributed by atoms with Crippen LogP contribution in [-0.4, -0.2) is 30.0 Å². The number of anilines is 3. The number of nitrogen functional groups attached to an aromatic ring is 1. The van der Waals surface area contributed by atoms with Crippen LogP contribution < -0.4 is 15.8 Å². The molecule has 2 aromatic heterocycles. The quantitative estimate of drug-likeness (QED) is 0.353. The van der Waals surface area contributed by atoms with Crippen LogP contribution in [0.15, 0.2) is 58.6 Å². The first-order chi connectivity index (χ1) is 17.2. The molecule has 1 amide bonds. The number of hydrogen-bond donors (Lipinski definition) is 3. The molecule has 0 unspecified atom stereocenters. The van der Waals surface area contributed by atoms with Crippen molar-refractivity contribution in [3.63, 3.8) is 0 Å². The lowest BCUT2D eigenvalue weighted by atomic mass is 9.94. The Hall–Kier alpha value is -4.13. The molecule has 0 aliphatic rings. The summed E-state index contributed by atoms with van der Waals surface area (Å²) >= 11 is 1.20. The number of aromatic nitrogens is 2. The Labute approximate surface area is 213 Å². The topological polar surface area (TPSA) is 175 Å². The summed E-state index contributed by atoms with van der Waals surface area (Å²) in [5.74, 6) is 0.171. The lowest BCUT2D eigenvalue weighted by molar-refractivity contribution is -0.115. The molecule has 0 aliphatic carbocycles. The maximum atomic E-state index is 12.5. The first kappa shape index (κ1) is 26.5. The summed E-state index contributed by atoms with van der Waals surface area (Å²) in [6.07, 6.45) is 1.58. The predicted octanol–water partition coefficient (Wildman–Crippen LogP) is 3.85. The number of pyridine rings is 2. The largest absolute Gasteiger partial charge is 0.383 e. The van der Waals surface area contributed by atoms with Crippen molar-refractivity contribution in [3.8, 4) is 12.1 Å². The van der Waals surface area contributed by atoms with Gasteiger partial charge >= 0.3 is 0 Å². The van der Waals surface area contributed by atoms with Crippen LogP contribution in [0.3, 0.4) is 0 Å². The number of hydrogen-bond acceptors (Lipinski definition) is 9. The number of thioether (sulfide) groups is 1. The van der Waals surface area contributed by atoms with E-state index in [1.54, 1.807) is 12.1 Å². The number of amides is 1. The van der Waals surface area contributed by atoms with E-state index in [4.69, 9.17) is 5.73 Å². The number of sulfonamides is 1. The predicted molar refractivity (Wildman–Crippen MR) is 138 cm³/mol. The van der Waals surface area contributed by atoms with E-state index in [1.807, 2.05) is 19.9 Å². The number of carbonyl (C=O) groups is 1. The normalized spacial score (nSPS) is 10.9. The van der Waals surface area contributed by atoms with Gasteiger partial charge in [0.15, 0.2) is 0 Å². The molecule has 3 aromatic rings. The number of carbonyl (C=O) groups excluding carboxylic acids is 1. The van der Waals surface area contributed by atoms with Gasteiger partial charge in [0, 0.05) is 24.1 Å². The fourth-order valence-corrected chi connectivity index (χ4v) is 5.26. The van der Waals surface area contributed by atoms with E-state index in [0.29, 0.717) is 22.0 Å². The Kier molecular flexibility index (Phi) is 8.48. The van der Waals surface area contributed by atoms with Crippen molar-refractivity contribution in [2.75, 3.05) is 21.5 Å². The fourth-order valence-electron chi connectivity index (χ4n) is 3.31. The van der Waals surface area contributed by atoms with Crippen molar-refractivity contribution in [2.45, 2.75) is 36.1 Å². The zero-order valence-corrected chi connectivity index (χ0v) is 21.2. The van der Waals surface area contributed by atoms with E-state index < -0.39 is 10.0 Å². The zero-order chi connectivity index (χ0) is 26.3. The highest BCUT2D eigenvalue weighted by molar-refractivity contribution is 7.99. The molecule has 0 atom stereocenters. The number of nitrogens with one attached hydrogen (secondary N) is 2. The van der Waals surface area contributed by atoms with Crippen molar-refractivity contribution < 1.29 is 13.2 Å². The monoisotopic (exact) mass is 521 g/mol. The van der Waals surface area contributed by atoms with Gasteiger partial charge in [-0.15, -0.1) is 11.8 Å². The zero-order valence-electron chi connectivity index (χ0n) is 19.5. The third kappa shape index (κ3) is 6.30. The van der Waals surface area contributed by atoms with Gasteiger partial charge in [-0.05, 0) is 47.9 Å². The Morgan fingerprint density at radius 2 is 1.81 bits per heavy atom. The molecular formula is C24H23N7O3S2. The molecule has 0 bridgehead atoms. The number of nitrogens with two attached hydrogens (primary N) is 1. The minimum atomic E-state index is -3.82. The molecule has 0 aliphatic heterocycles. The second-order valence-corrected chi connectivity index (χ2v) is 10.6. The van der Waals surface area contributed by atoms with Crippen molar-refractivity contribution >= 4 is 45.0 Å². The van der Waals surface area contributed by atoms with Crippen LogP contribution >= 0.6 is 11.8 Å². The average Bonchev–Trinajstić information content (AvgIpc) is 2.84. The molecule has 4 N–H and O–H groups in total. The van der Waals surface area contributed by atoms with E-state index >= 15 is 0 Å². The summed E-state index contributed by atoms with van der Waals surface area (Å²) in [6, 6.07) is 14.7. The molecule has 0 saturated heterocycles. The first-order valence-electron chi connectivity index (χ1n) is 10.8. The molecule has 10 nitrogen and oxygen atoms in total. The third-order valence-corrected chi connectivity index (χ3v) is 7.30. The van der Waals surface area contributed by atoms with Gasteiger partial charge in [0.25, 0.3) is 10.0 Å². The molecule has 0 radical (unpaired) electrons. The number of benzene rings is 1. The maximum absolute atomic E-state index is 12.5. The summed E-state index contributed by atoms with van der Waals surface area (Å²) in [5, 5.41) is 22.1. The Morgan fingerprint density at radius 3 is 2.39 bits per heavy atom. The lowest BCUT2D eigenvalue weighted by Crippen LogP contribution is -2.15. The molecule has 184 valence electrons. The highest BCUT2D eigenvalue weighted by atomic mass is 32.2. The van der Waals surface area contributed by atoms with Gasteiger partial charge in [-0.3, -0.25) is 9.52 Å². The maximum Gasteiger partial charge on any atom is 0.263 e. The molecule has 12 heteroatoms. The lowest BCUT2D eigenvalue weighted by Gasteiger charge is -2.15. The average molecular weight is 522 g/mol. The summed E-state index contributed by atoms with van der Waals surface area (Å²) in [7, 11) is -3.82. The fraction of sp³-hybridized carbons (Fsp3) is 0.208. The number of rotatable bonds is 9. The standard InChI is InChI=1S/C24H23N7O3S2/c1-15(2)22-18(13-25)23(27)30-24(19(22)14-26)35-12-10-21(32)29-16-6-8-17(9-7-16)36(33,34)31-20-5-3-4-11-28-20/h3-9,11,15H,10,12H2,1-2H3,(H2,27,30)(H,28,31)(H,29,32). The van der Waals surface area contributed by atoms with Gasteiger partial charge in [-0.1, -0.05) is 19.9 Å². The van der Waals surface area contributed by atoms with Crippen LogP contribution in [0.5, 0.6) is 0 Å². The van der Waals surface area contributed by atoms with Gasteiger partial charge in [0.05, 0.1) is 16.0 Å². The van der Waals surface area contributed by atoms with Crippen LogP contribution in [-0.2, 0) is 14.8 Å². The number of nitriles is 2. The molecule has 0 saturated carbocycles. The third-order valence-electron chi connectivity index (χ3n) is 4.95. The van der Waals surface area contributed by atoms with Gasteiger partial charge < -0.3 is 11.1 Å². The highest BCUT2D eigenvalue weighted by Crippen LogP contribution is 2.33. The molecule has 1 aromatic carbocycles. The van der Waals surface area contributed by atoms with Crippen LogP contribution in [0.2, 0.25) is 0 Å². The van der Waals surface area contributed by atoms with Crippen LogP contribution in [0, 0.1) is 22.7 Å². The summed E-state index contributed by atoms with van der Waals surface area (Å²) in [4.78, 5) is 20.6. The summed E-state index contributed by atoms with van der Waals surface area (Å²) in [6.45, 7) is 3.73. The van der Waals surface area contributed by atoms with Crippen molar-refractivity contribution in [3.05, 3.63) is 65.4 Å². The van der Waals surface area contributed by atoms with Crippen molar-refractivity contribution in [1.82, 2.24) is 9.97 Å². The minimum Gasteiger partial charge on any atom is -0.383 e. The highest BCUT2D eigenvalue weighted by Gasteiger charge is 2.21. The number of nitrogens with zero attached hydrogens (tertiary/aromatic N) is 4. The van der Waals surface area contributed by atoms with Crippen LogP contribution in [0.1, 0.15) is 42.9 Å². The molecule has 2 heterocycles. The van der Waals surface area contributed by atoms with Gasteiger partial charge in [0.2, 0.25) is 5.91 Å². The minimum absolute atomic E-state index is 0.0242. The SMILES string of the molecule is CC(C)c1c(C#N)c(N)nc(SCCC(=O)Nc2ccc(S(=O)(=O)Nc3ccccn3)cc2)c1C#N. The van der Waals surface area contributed by atoms with E-state index in [2.05, 4.69) is 26.1 Å². The van der Waals surface area contributed by atoms with Gasteiger partial charge in [-0.25, -0.2) is 18.4 Å². The van der Waals surface area contributed by atoms with Crippen LogP contribution in [0.25, 0.3) is 0 Å². The van der Waals surface area contributed by atoms with E-state index in [1.165, 1.54) is 48.3 Å². The summed E-state index contributed by atoms with van der Waals surface area (Å²) < 4.78 is 27.4. The summed E-state index contributed by atoms with van der Waals surface area (Å²) in [5.41, 5.74) is 7.40. The molecule has 0 spiro atoms. The van der Waals surface area contributed by atoms with Gasteiger partial charge in [-0.2, -0.15) is 10.5 Å². The van der Waals surface area contributed by atoms with Gasteiger partial charge in [0.1, 0.15) is 28.8 Å². The Bertz CT molecular complexity index is 1440. The Balaban J connectivity index is 1.62.